The Kier molecular flexibility index (Phi) is 4.68. The lowest BCUT2D eigenvalue weighted by Crippen LogP contribution is -2.47. The number of carboxylic acid groups (broad SMARTS) is 1. The number of rotatable bonds is 3. The summed E-state index contributed by atoms with van der Waals surface area (Å²) < 4.78 is 11.9. The zero-order valence-electron chi connectivity index (χ0n) is 12.3. The van der Waals surface area contributed by atoms with Crippen LogP contribution < -0.4 is 4.74 Å². The first-order chi connectivity index (χ1) is 11.0. The van der Waals surface area contributed by atoms with Gasteiger partial charge in [-0.25, -0.2) is 0 Å². The molecule has 0 bridgehead atoms. The third-order valence-electron chi connectivity index (χ3n) is 3.79. The van der Waals surface area contributed by atoms with Gasteiger partial charge in [0.1, 0.15) is 12.4 Å². The standard InChI is InChI=1S/C16H16BrNO5/c17-12-1-2-14-10(6-12)5-11(9-23-14)16(21)18-3-4-22-13(8-18)7-15(19)20/h1-2,5-6,13H,3-4,7-9H2,(H,19,20). The number of hydrogen-bond acceptors (Lipinski definition) is 4. The maximum Gasteiger partial charge on any atom is 0.306 e. The fourth-order valence-electron chi connectivity index (χ4n) is 2.70. The molecule has 3 rings (SSSR count). The molecule has 1 aromatic carbocycles. The molecule has 1 unspecified atom stereocenters. The lowest BCUT2D eigenvalue weighted by Gasteiger charge is -2.33. The number of hydrogen-bond donors (Lipinski definition) is 1. The van der Waals surface area contributed by atoms with Crippen LogP contribution in [0, 0.1) is 0 Å². The van der Waals surface area contributed by atoms with E-state index in [1.807, 2.05) is 24.3 Å². The molecule has 1 fully saturated rings. The average Bonchev–Trinajstić information content (AvgIpc) is 2.53. The Bertz CT molecular complexity index is 672. The van der Waals surface area contributed by atoms with E-state index in [-0.39, 0.29) is 25.5 Å². The molecule has 1 amide bonds. The minimum Gasteiger partial charge on any atom is -0.488 e. The quantitative estimate of drug-likeness (QED) is 0.865. The van der Waals surface area contributed by atoms with Gasteiger partial charge in [-0.3, -0.25) is 9.59 Å². The fraction of sp³-hybridized carbons (Fsp3) is 0.375. The highest BCUT2D eigenvalue weighted by molar-refractivity contribution is 9.10. The van der Waals surface area contributed by atoms with Crippen molar-refractivity contribution in [3.05, 3.63) is 33.8 Å². The molecule has 1 N–H and O–H groups in total. The highest BCUT2D eigenvalue weighted by Crippen LogP contribution is 2.29. The Morgan fingerprint density at radius 3 is 3.00 bits per heavy atom. The fourth-order valence-corrected chi connectivity index (χ4v) is 3.08. The number of nitrogens with zero attached hydrogens (tertiary/aromatic N) is 1. The van der Waals surface area contributed by atoms with Crippen LogP contribution in [0.5, 0.6) is 5.75 Å². The molecular formula is C16H16BrNO5. The van der Waals surface area contributed by atoms with E-state index < -0.39 is 12.1 Å². The molecule has 0 saturated carbocycles. The molecule has 0 radical (unpaired) electrons. The zero-order chi connectivity index (χ0) is 16.4. The van der Waals surface area contributed by atoms with Gasteiger partial charge < -0.3 is 19.5 Å². The predicted octanol–water partition coefficient (Wildman–Crippen LogP) is 1.93. The van der Waals surface area contributed by atoms with Crippen molar-refractivity contribution >= 4 is 33.9 Å². The Morgan fingerprint density at radius 1 is 1.39 bits per heavy atom. The second-order valence-corrected chi connectivity index (χ2v) is 6.40. The highest BCUT2D eigenvalue weighted by Gasteiger charge is 2.29. The van der Waals surface area contributed by atoms with Crippen LogP contribution in [0.15, 0.2) is 28.2 Å². The summed E-state index contributed by atoms with van der Waals surface area (Å²) in [7, 11) is 0. The first-order valence-electron chi connectivity index (χ1n) is 7.28. The van der Waals surface area contributed by atoms with Crippen LogP contribution >= 0.6 is 15.9 Å². The number of fused-ring (bicyclic) bond motifs is 1. The van der Waals surface area contributed by atoms with Gasteiger partial charge in [-0.2, -0.15) is 0 Å². The van der Waals surface area contributed by atoms with Crippen molar-refractivity contribution in [2.24, 2.45) is 0 Å². The molecule has 0 aliphatic carbocycles. The predicted molar refractivity (Wildman–Crippen MR) is 86.2 cm³/mol. The van der Waals surface area contributed by atoms with E-state index in [0.717, 1.165) is 15.8 Å². The number of halogens is 1. The van der Waals surface area contributed by atoms with Crippen LogP contribution in [0.25, 0.3) is 6.08 Å². The van der Waals surface area contributed by atoms with Crippen molar-refractivity contribution < 1.29 is 24.2 Å². The smallest absolute Gasteiger partial charge is 0.306 e. The first kappa shape index (κ1) is 16.0. The molecule has 0 aromatic heterocycles. The van der Waals surface area contributed by atoms with Crippen molar-refractivity contribution in [3.63, 3.8) is 0 Å². The van der Waals surface area contributed by atoms with Crippen molar-refractivity contribution in [1.29, 1.82) is 0 Å². The molecule has 122 valence electrons. The number of amides is 1. The maximum atomic E-state index is 12.6. The number of benzene rings is 1. The van der Waals surface area contributed by atoms with Crippen LogP contribution in [-0.2, 0) is 14.3 Å². The molecule has 1 saturated heterocycles. The molecule has 6 nitrogen and oxygen atoms in total. The summed E-state index contributed by atoms with van der Waals surface area (Å²) in [6.07, 6.45) is 1.26. The summed E-state index contributed by atoms with van der Waals surface area (Å²) in [6.45, 7) is 1.31. The monoisotopic (exact) mass is 381 g/mol. The van der Waals surface area contributed by atoms with E-state index in [2.05, 4.69) is 15.9 Å². The largest absolute Gasteiger partial charge is 0.488 e. The number of morpholine rings is 1. The maximum absolute atomic E-state index is 12.6. The number of aliphatic carboxylic acids is 1. The van der Waals surface area contributed by atoms with Gasteiger partial charge in [0.15, 0.2) is 0 Å². The lowest BCUT2D eigenvalue weighted by molar-refractivity contribution is -0.146. The molecule has 2 aliphatic heterocycles. The highest BCUT2D eigenvalue weighted by atomic mass is 79.9. The van der Waals surface area contributed by atoms with E-state index in [4.69, 9.17) is 14.6 Å². The van der Waals surface area contributed by atoms with E-state index in [1.165, 1.54) is 0 Å². The molecular weight excluding hydrogens is 366 g/mol. The van der Waals surface area contributed by atoms with Gasteiger partial charge in [0.2, 0.25) is 0 Å². The van der Waals surface area contributed by atoms with Gasteiger partial charge in [-0.05, 0) is 24.3 Å². The summed E-state index contributed by atoms with van der Waals surface area (Å²) in [4.78, 5) is 25.1. The normalized spacial score (nSPS) is 20.3. The van der Waals surface area contributed by atoms with Gasteiger partial charge in [-0.15, -0.1) is 0 Å². The number of carbonyl (C=O) groups is 2. The summed E-state index contributed by atoms with van der Waals surface area (Å²) in [5, 5.41) is 8.86. The minimum atomic E-state index is -0.928. The van der Waals surface area contributed by atoms with E-state index in [9.17, 15) is 9.59 Å². The topological polar surface area (TPSA) is 76.1 Å². The van der Waals surface area contributed by atoms with Crippen LogP contribution in [0.1, 0.15) is 12.0 Å². The molecule has 2 heterocycles. The molecule has 23 heavy (non-hydrogen) atoms. The lowest BCUT2D eigenvalue weighted by atomic mass is 10.1. The zero-order valence-corrected chi connectivity index (χ0v) is 13.9. The van der Waals surface area contributed by atoms with Gasteiger partial charge in [-0.1, -0.05) is 15.9 Å². The van der Waals surface area contributed by atoms with Crippen LogP contribution in [0.3, 0.4) is 0 Å². The number of carboxylic acids is 1. The van der Waals surface area contributed by atoms with E-state index in [1.54, 1.807) is 4.90 Å². The van der Waals surface area contributed by atoms with E-state index in [0.29, 0.717) is 18.7 Å². The van der Waals surface area contributed by atoms with Gasteiger partial charge in [0.25, 0.3) is 5.91 Å². The van der Waals surface area contributed by atoms with E-state index >= 15 is 0 Å². The molecule has 7 heteroatoms. The Hall–Kier alpha value is -1.86. The van der Waals surface area contributed by atoms with Crippen molar-refractivity contribution in [1.82, 2.24) is 4.90 Å². The molecule has 0 spiro atoms. The Balaban J connectivity index is 1.74. The third kappa shape index (κ3) is 3.73. The van der Waals surface area contributed by atoms with Crippen molar-refractivity contribution in [3.8, 4) is 5.75 Å². The molecule has 1 atom stereocenters. The Morgan fingerprint density at radius 2 is 2.22 bits per heavy atom. The van der Waals surface area contributed by atoms with Gasteiger partial charge in [0, 0.05) is 23.1 Å². The third-order valence-corrected chi connectivity index (χ3v) is 4.28. The van der Waals surface area contributed by atoms with Crippen LogP contribution in [0.2, 0.25) is 0 Å². The summed E-state index contributed by atoms with van der Waals surface area (Å²) in [5.41, 5.74) is 1.41. The summed E-state index contributed by atoms with van der Waals surface area (Å²) in [5.74, 6) is -0.312. The summed E-state index contributed by atoms with van der Waals surface area (Å²) >= 11 is 3.40. The van der Waals surface area contributed by atoms with Crippen LogP contribution in [0.4, 0.5) is 0 Å². The number of ether oxygens (including phenoxy) is 2. The number of carbonyl (C=O) groups excluding carboxylic acids is 1. The second-order valence-electron chi connectivity index (χ2n) is 5.48. The van der Waals surface area contributed by atoms with Crippen molar-refractivity contribution in [2.45, 2.75) is 12.5 Å². The minimum absolute atomic E-state index is 0.102. The first-order valence-corrected chi connectivity index (χ1v) is 8.08. The summed E-state index contributed by atoms with van der Waals surface area (Å²) in [6, 6.07) is 5.64. The molecule has 2 aliphatic rings. The van der Waals surface area contributed by atoms with Crippen molar-refractivity contribution in [2.75, 3.05) is 26.3 Å². The van der Waals surface area contributed by atoms with Gasteiger partial charge >= 0.3 is 5.97 Å². The second kappa shape index (κ2) is 6.72. The SMILES string of the molecule is O=C(O)CC1CN(C(=O)C2=Cc3cc(Br)ccc3OC2)CCO1. The Labute approximate surface area is 141 Å². The average molecular weight is 382 g/mol. The van der Waals surface area contributed by atoms with Gasteiger partial charge in [0.05, 0.1) is 24.7 Å². The molecule has 1 aromatic rings. The van der Waals surface area contributed by atoms with Crippen LogP contribution in [-0.4, -0.2) is 54.3 Å².